The molecular weight excluding hydrogens is 378 g/mol. The number of nitrogens with zero attached hydrogens (tertiary/aromatic N) is 3. The standard InChI is InChI=1S/C16H27N3O5S2/c1-4-6-17-14(22)18(9-12(20)5-2)16(24)19(15(17)23)10-13(21)11-26-8-7-25-3/h4,12-13,20-21H,1,5-11H2,2-3H3. The smallest absolute Gasteiger partial charge is 0.336 e. The summed E-state index contributed by atoms with van der Waals surface area (Å²) in [6.45, 7) is 4.78. The van der Waals surface area contributed by atoms with Gasteiger partial charge in [0.25, 0.3) is 0 Å². The summed E-state index contributed by atoms with van der Waals surface area (Å²) >= 11 is 3.23. The molecule has 1 aromatic heterocycles. The highest BCUT2D eigenvalue weighted by molar-refractivity contribution is 8.02. The maximum atomic E-state index is 12.6. The maximum Gasteiger partial charge on any atom is 0.336 e. The van der Waals surface area contributed by atoms with Crippen molar-refractivity contribution in [3.63, 3.8) is 0 Å². The van der Waals surface area contributed by atoms with Crippen molar-refractivity contribution in [2.24, 2.45) is 0 Å². The summed E-state index contributed by atoms with van der Waals surface area (Å²) in [6.07, 6.45) is 1.96. The lowest BCUT2D eigenvalue weighted by molar-refractivity contribution is 0.140. The molecule has 0 aliphatic heterocycles. The fourth-order valence-electron chi connectivity index (χ4n) is 2.25. The van der Waals surface area contributed by atoms with E-state index in [0.29, 0.717) is 12.2 Å². The first-order valence-corrected chi connectivity index (χ1v) is 10.9. The molecule has 0 fully saturated rings. The van der Waals surface area contributed by atoms with Gasteiger partial charge in [-0.15, -0.1) is 6.58 Å². The van der Waals surface area contributed by atoms with Gasteiger partial charge in [-0.25, -0.2) is 28.1 Å². The minimum absolute atomic E-state index is 0.0568. The van der Waals surface area contributed by atoms with E-state index in [2.05, 4.69) is 6.58 Å². The lowest BCUT2D eigenvalue weighted by Crippen LogP contribution is -2.56. The molecule has 148 valence electrons. The molecule has 1 rings (SSSR count). The maximum absolute atomic E-state index is 12.6. The number of aliphatic hydroxyl groups is 2. The molecular formula is C16H27N3O5S2. The van der Waals surface area contributed by atoms with Gasteiger partial charge in [-0.1, -0.05) is 13.0 Å². The van der Waals surface area contributed by atoms with Gasteiger partial charge in [0.1, 0.15) is 0 Å². The third-order valence-corrected chi connectivity index (χ3v) is 5.68. The van der Waals surface area contributed by atoms with Crippen molar-refractivity contribution in [3.05, 3.63) is 44.1 Å². The Bertz CT molecular complexity index is 756. The minimum Gasteiger partial charge on any atom is -0.391 e. The molecule has 2 atom stereocenters. The van der Waals surface area contributed by atoms with Crippen LogP contribution in [0.1, 0.15) is 13.3 Å². The molecule has 2 N–H and O–H groups in total. The van der Waals surface area contributed by atoms with Crippen LogP contribution in [0.4, 0.5) is 0 Å². The van der Waals surface area contributed by atoms with Gasteiger partial charge in [0.05, 0.1) is 31.8 Å². The summed E-state index contributed by atoms with van der Waals surface area (Å²) in [5.74, 6) is 2.18. The van der Waals surface area contributed by atoms with Crippen molar-refractivity contribution < 1.29 is 10.2 Å². The molecule has 26 heavy (non-hydrogen) atoms. The fourth-order valence-corrected chi connectivity index (χ4v) is 3.93. The van der Waals surface area contributed by atoms with Crippen molar-refractivity contribution in [2.75, 3.05) is 23.5 Å². The zero-order valence-electron chi connectivity index (χ0n) is 15.2. The van der Waals surface area contributed by atoms with Crippen molar-refractivity contribution in [1.29, 1.82) is 0 Å². The zero-order valence-corrected chi connectivity index (χ0v) is 16.8. The number of thioether (sulfide) groups is 2. The topological polar surface area (TPSA) is 106 Å². The van der Waals surface area contributed by atoms with Crippen LogP contribution < -0.4 is 17.1 Å². The highest BCUT2D eigenvalue weighted by Gasteiger charge is 2.18. The highest BCUT2D eigenvalue weighted by Crippen LogP contribution is 2.06. The van der Waals surface area contributed by atoms with E-state index in [4.69, 9.17) is 0 Å². The number of allylic oxidation sites excluding steroid dienone is 1. The Morgan fingerprint density at radius 1 is 1.00 bits per heavy atom. The predicted molar refractivity (Wildman–Crippen MR) is 107 cm³/mol. The normalized spacial score (nSPS) is 13.5. The Hall–Kier alpha value is -1.23. The molecule has 0 aliphatic rings. The predicted octanol–water partition coefficient (Wildman–Crippen LogP) is -0.414. The number of hydrogen-bond acceptors (Lipinski definition) is 7. The van der Waals surface area contributed by atoms with E-state index < -0.39 is 29.3 Å². The summed E-state index contributed by atoms with van der Waals surface area (Å²) in [4.78, 5) is 37.5. The molecule has 0 aliphatic carbocycles. The van der Waals surface area contributed by atoms with Crippen LogP contribution in [0.2, 0.25) is 0 Å². The molecule has 2 unspecified atom stereocenters. The van der Waals surface area contributed by atoms with Crippen LogP contribution >= 0.6 is 23.5 Å². The SMILES string of the molecule is C=CCn1c(=O)n(CC(O)CC)c(=O)n(CC(O)CSCCSC)c1=O. The van der Waals surface area contributed by atoms with Gasteiger partial charge in [-0.05, 0) is 12.7 Å². The first kappa shape index (κ1) is 22.8. The molecule has 0 saturated carbocycles. The Kier molecular flexibility index (Phi) is 10.1. The highest BCUT2D eigenvalue weighted by atomic mass is 32.2. The van der Waals surface area contributed by atoms with Crippen molar-refractivity contribution in [2.45, 2.75) is 45.2 Å². The second kappa shape index (κ2) is 11.5. The Labute approximate surface area is 160 Å². The molecule has 0 radical (unpaired) electrons. The van der Waals surface area contributed by atoms with E-state index in [9.17, 15) is 24.6 Å². The van der Waals surface area contributed by atoms with Gasteiger partial charge >= 0.3 is 17.1 Å². The molecule has 0 bridgehead atoms. The third kappa shape index (κ3) is 6.19. The number of aliphatic hydroxyl groups excluding tert-OH is 2. The lowest BCUT2D eigenvalue weighted by Gasteiger charge is -2.17. The Morgan fingerprint density at radius 2 is 1.54 bits per heavy atom. The molecule has 1 heterocycles. The van der Waals surface area contributed by atoms with Crippen LogP contribution in [0.25, 0.3) is 0 Å². The van der Waals surface area contributed by atoms with Crippen molar-refractivity contribution in [3.8, 4) is 0 Å². The van der Waals surface area contributed by atoms with Crippen molar-refractivity contribution in [1.82, 2.24) is 13.7 Å². The van der Waals surface area contributed by atoms with Crippen LogP contribution in [0, 0.1) is 0 Å². The van der Waals surface area contributed by atoms with Crippen LogP contribution in [0.5, 0.6) is 0 Å². The van der Waals surface area contributed by atoms with E-state index in [1.165, 1.54) is 17.8 Å². The summed E-state index contributed by atoms with van der Waals surface area (Å²) < 4.78 is 2.57. The van der Waals surface area contributed by atoms with Gasteiger partial charge < -0.3 is 10.2 Å². The number of hydrogen-bond donors (Lipinski definition) is 2. The second-order valence-electron chi connectivity index (χ2n) is 5.75. The Morgan fingerprint density at radius 3 is 2.04 bits per heavy atom. The summed E-state index contributed by atoms with van der Waals surface area (Å²) in [7, 11) is 0. The first-order chi connectivity index (χ1) is 12.4. The van der Waals surface area contributed by atoms with E-state index in [1.807, 2.05) is 6.26 Å². The molecule has 0 amide bonds. The fraction of sp³-hybridized carbons (Fsp3) is 0.688. The van der Waals surface area contributed by atoms with Crippen LogP contribution in [-0.2, 0) is 19.6 Å². The molecule has 0 aromatic carbocycles. The quantitative estimate of drug-likeness (QED) is 0.359. The molecule has 1 aromatic rings. The van der Waals surface area contributed by atoms with E-state index in [0.717, 1.165) is 25.2 Å². The van der Waals surface area contributed by atoms with Crippen LogP contribution in [0.3, 0.4) is 0 Å². The molecule has 10 heteroatoms. The number of rotatable bonds is 12. The van der Waals surface area contributed by atoms with Crippen LogP contribution in [0.15, 0.2) is 27.0 Å². The van der Waals surface area contributed by atoms with Gasteiger partial charge in [-0.2, -0.15) is 23.5 Å². The summed E-state index contributed by atoms with van der Waals surface area (Å²) in [5.41, 5.74) is -2.39. The van der Waals surface area contributed by atoms with E-state index in [-0.39, 0.29) is 19.6 Å². The lowest BCUT2D eigenvalue weighted by atomic mass is 10.3. The molecule has 0 saturated heterocycles. The average Bonchev–Trinajstić information content (AvgIpc) is 2.62. The van der Waals surface area contributed by atoms with Gasteiger partial charge in [-0.3, -0.25) is 0 Å². The zero-order chi connectivity index (χ0) is 19.7. The average molecular weight is 406 g/mol. The second-order valence-corrected chi connectivity index (χ2v) is 7.89. The molecule has 8 nitrogen and oxygen atoms in total. The number of aromatic nitrogens is 3. The summed E-state index contributed by atoms with van der Waals surface area (Å²) in [6, 6.07) is 0. The van der Waals surface area contributed by atoms with Crippen molar-refractivity contribution >= 4 is 23.5 Å². The van der Waals surface area contributed by atoms with Gasteiger partial charge in [0.15, 0.2) is 0 Å². The van der Waals surface area contributed by atoms with Crippen LogP contribution in [-0.4, -0.2) is 59.6 Å². The monoisotopic (exact) mass is 405 g/mol. The summed E-state index contributed by atoms with van der Waals surface area (Å²) in [5, 5.41) is 20.0. The van der Waals surface area contributed by atoms with E-state index >= 15 is 0 Å². The third-order valence-electron chi connectivity index (χ3n) is 3.70. The largest absolute Gasteiger partial charge is 0.391 e. The van der Waals surface area contributed by atoms with Gasteiger partial charge in [0.2, 0.25) is 0 Å². The first-order valence-electron chi connectivity index (χ1n) is 8.35. The van der Waals surface area contributed by atoms with Gasteiger partial charge in [0, 0.05) is 17.3 Å². The van der Waals surface area contributed by atoms with E-state index in [1.54, 1.807) is 18.7 Å². The molecule has 0 spiro atoms. The Balaban J connectivity index is 3.20. The minimum atomic E-state index is -0.897.